The van der Waals surface area contributed by atoms with Crippen molar-refractivity contribution < 1.29 is 9.13 Å². The largest absolute Gasteiger partial charge is 0.489 e. The Bertz CT molecular complexity index is 1430. The number of nitrogens with zero attached hydrogens (tertiary/aromatic N) is 1. The summed E-state index contributed by atoms with van der Waals surface area (Å²) in [5.41, 5.74) is 5.82. The van der Waals surface area contributed by atoms with Gasteiger partial charge in [0.25, 0.3) is 0 Å². The van der Waals surface area contributed by atoms with Gasteiger partial charge >= 0.3 is 0 Å². The highest BCUT2D eigenvalue weighted by atomic mass is 35.5. The molecule has 1 N–H and O–H groups in total. The number of aryl methyl sites for hydroxylation is 1. The summed E-state index contributed by atoms with van der Waals surface area (Å²) in [5, 5.41) is 4.82. The number of thiazole rings is 1. The number of fused-ring (bicyclic) bond motifs is 1. The van der Waals surface area contributed by atoms with Crippen molar-refractivity contribution in [3.8, 4) is 16.3 Å². The van der Waals surface area contributed by atoms with E-state index in [-0.39, 0.29) is 12.4 Å². The van der Waals surface area contributed by atoms with Crippen molar-refractivity contribution in [1.82, 2.24) is 4.98 Å². The van der Waals surface area contributed by atoms with Gasteiger partial charge in [0.15, 0.2) is 0 Å². The maximum Gasteiger partial charge on any atom is 0.131 e. The molecule has 0 atom stereocenters. The van der Waals surface area contributed by atoms with Gasteiger partial charge in [0.05, 0.1) is 15.2 Å². The number of hydrogen-bond acceptors (Lipinski definition) is 4. The summed E-state index contributed by atoms with van der Waals surface area (Å²) >= 11 is 7.80. The first-order valence-corrected chi connectivity index (χ1v) is 12.1. The number of benzene rings is 4. The number of halogens is 2. The van der Waals surface area contributed by atoms with E-state index < -0.39 is 0 Å². The molecule has 0 aliphatic heterocycles. The molecule has 0 amide bonds. The topological polar surface area (TPSA) is 34.2 Å². The summed E-state index contributed by atoms with van der Waals surface area (Å²) < 4.78 is 21.0. The average molecular weight is 489 g/mol. The average Bonchev–Trinajstić information content (AvgIpc) is 3.26. The van der Waals surface area contributed by atoms with Crippen LogP contribution in [0.15, 0.2) is 84.9 Å². The van der Waals surface area contributed by atoms with Gasteiger partial charge in [0.1, 0.15) is 23.2 Å². The van der Waals surface area contributed by atoms with Crippen molar-refractivity contribution in [3.05, 3.63) is 112 Å². The third-order valence-electron chi connectivity index (χ3n) is 5.52. The molecule has 0 radical (unpaired) electrons. The van der Waals surface area contributed by atoms with E-state index in [4.69, 9.17) is 21.3 Å². The maximum atomic E-state index is 14.0. The van der Waals surface area contributed by atoms with E-state index in [1.807, 2.05) is 24.3 Å². The lowest BCUT2D eigenvalue weighted by atomic mass is 10.2. The van der Waals surface area contributed by atoms with E-state index in [0.717, 1.165) is 27.3 Å². The normalized spacial score (nSPS) is 11.0. The molecule has 170 valence electrons. The lowest BCUT2D eigenvalue weighted by Crippen LogP contribution is -2.02. The second-order valence-electron chi connectivity index (χ2n) is 8.06. The zero-order chi connectivity index (χ0) is 23.5. The van der Waals surface area contributed by atoms with Crippen LogP contribution in [0, 0.1) is 12.7 Å². The van der Waals surface area contributed by atoms with E-state index in [9.17, 15) is 4.39 Å². The monoisotopic (exact) mass is 488 g/mol. The lowest BCUT2D eigenvalue weighted by Gasteiger charge is -2.11. The predicted molar refractivity (Wildman–Crippen MR) is 139 cm³/mol. The van der Waals surface area contributed by atoms with Gasteiger partial charge in [-0.05, 0) is 78.7 Å². The van der Waals surface area contributed by atoms with E-state index in [2.05, 4.69) is 54.7 Å². The van der Waals surface area contributed by atoms with E-state index >= 15 is 0 Å². The second-order valence-corrected chi connectivity index (χ2v) is 9.50. The van der Waals surface area contributed by atoms with Crippen LogP contribution in [0.4, 0.5) is 10.1 Å². The van der Waals surface area contributed by atoms with Gasteiger partial charge in [-0.2, -0.15) is 0 Å². The van der Waals surface area contributed by atoms with E-state index in [1.54, 1.807) is 23.5 Å². The zero-order valence-corrected chi connectivity index (χ0v) is 20.1. The van der Waals surface area contributed by atoms with Crippen LogP contribution in [0.2, 0.25) is 5.02 Å². The molecule has 0 unspecified atom stereocenters. The van der Waals surface area contributed by atoms with Crippen LogP contribution in [-0.2, 0) is 13.2 Å². The minimum absolute atomic E-state index is 0.0786. The molecule has 0 aliphatic carbocycles. The highest BCUT2D eigenvalue weighted by Gasteiger charge is 2.09. The summed E-state index contributed by atoms with van der Waals surface area (Å²) in [6.45, 7) is 2.81. The fraction of sp³-hybridized carbons (Fsp3) is 0.107. The first kappa shape index (κ1) is 22.4. The van der Waals surface area contributed by atoms with Crippen LogP contribution in [0.5, 0.6) is 5.75 Å². The van der Waals surface area contributed by atoms with Crippen LogP contribution >= 0.6 is 22.9 Å². The van der Waals surface area contributed by atoms with Gasteiger partial charge in [-0.1, -0.05) is 35.9 Å². The predicted octanol–water partition coefficient (Wildman–Crippen LogP) is 8.26. The van der Waals surface area contributed by atoms with E-state index in [0.29, 0.717) is 22.9 Å². The molecule has 3 nitrogen and oxygen atoms in total. The SMILES string of the molecule is Cc1ccc2nc(-c3ccc(NCc4cccc(OCc5c(F)cccc5Cl)c4)cc3)sc2c1. The Labute approximate surface area is 206 Å². The van der Waals surface area contributed by atoms with Crippen LogP contribution in [-0.4, -0.2) is 4.98 Å². The number of aromatic nitrogens is 1. The van der Waals surface area contributed by atoms with Gasteiger partial charge in [-0.15, -0.1) is 11.3 Å². The van der Waals surface area contributed by atoms with Crippen LogP contribution in [0.25, 0.3) is 20.8 Å². The molecule has 5 aromatic rings. The fourth-order valence-electron chi connectivity index (χ4n) is 3.66. The number of anilines is 1. The van der Waals surface area contributed by atoms with Gasteiger partial charge in [0, 0.05) is 23.4 Å². The minimum atomic E-state index is -0.366. The summed E-state index contributed by atoms with van der Waals surface area (Å²) in [7, 11) is 0. The molecular weight excluding hydrogens is 467 g/mol. The van der Waals surface area contributed by atoms with Crippen molar-refractivity contribution in [3.63, 3.8) is 0 Å². The third-order valence-corrected chi connectivity index (χ3v) is 6.94. The third kappa shape index (κ3) is 5.06. The smallest absolute Gasteiger partial charge is 0.131 e. The van der Waals surface area contributed by atoms with Crippen molar-refractivity contribution in [2.24, 2.45) is 0 Å². The summed E-state index contributed by atoms with van der Waals surface area (Å²) in [5.74, 6) is 0.301. The summed E-state index contributed by atoms with van der Waals surface area (Å²) in [6, 6.07) is 27.0. The number of nitrogens with one attached hydrogen (secondary N) is 1. The molecule has 0 spiro atoms. The standard InChI is InChI=1S/C28H22ClFN2OS/c1-18-8-13-26-27(14-18)34-28(32-26)20-9-11-21(12-10-20)31-16-19-4-2-5-22(15-19)33-17-23-24(29)6-3-7-25(23)30/h2-15,31H,16-17H2,1H3. The highest BCUT2D eigenvalue weighted by Crippen LogP contribution is 2.31. The van der Waals surface area contributed by atoms with Crippen molar-refractivity contribution in [2.75, 3.05) is 5.32 Å². The summed E-state index contributed by atoms with van der Waals surface area (Å²) in [4.78, 5) is 4.76. The van der Waals surface area contributed by atoms with Gasteiger partial charge in [-0.25, -0.2) is 9.37 Å². The molecule has 6 heteroatoms. The Kier molecular flexibility index (Phi) is 6.48. The molecule has 0 saturated heterocycles. The molecule has 1 aromatic heterocycles. The molecule has 0 bridgehead atoms. The van der Waals surface area contributed by atoms with Crippen LogP contribution < -0.4 is 10.1 Å². The molecule has 0 saturated carbocycles. The maximum absolute atomic E-state index is 14.0. The first-order valence-electron chi connectivity index (χ1n) is 10.9. The van der Waals surface area contributed by atoms with Crippen molar-refractivity contribution in [2.45, 2.75) is 20.1 Å². The Balaban J connectivity index is 1.22. The Morgan fingerprint density at radius 1 is 0.971 bits per heavy atom. The number of hydrogen-bond donors (Lipinski definition) is 1. The summed E-state index contributed by atoms with van der Waals surface area (Å²) in [6.07, 6.45) is 0. The number of ether oxygens (including phenoxy) is 1. The minimum Gasteiger partial charge on any atom is -0.489 e. The highest BCUT2D eigenvalue weighted by molar-refractivity contribution is 7.21. The van der Waals surface area contributed by atoms with Crippen molar-refractivity contribution in [1.29, 1.82) is 0 Å². The molecule has 4 aromatic carbocycles. The fourth-order valence-corrected chi connectivity index (χ4v) is 4.95. The first-order chi connectivity index (χ1) is 16.5. The quantitative estimate of drug-likeness (QED) is 0.250. The van der Waals surface area contributed by atoms with Gasteiger partial charge < -0.3 is 10.1 Å². The number of rotatable bonds is 7. The molecular formula is C28H22ClFN2OS. The molecule has 1 heterocycles. The molecule has 5 rings (SSSR count). The van der Waals surface area contributed by atoms with Crippen LogP contribution in [0.3, 0.4) is 0 Å². The second kappa shape index (κ2) is 9.84. The molecule has 0 fully saturated rings. The molecule has 34 heavy (non-hydrogen) atoms. The van der Waals surface area contributed by atoms with Gasteiger partial charge in [-0.3, -0.25) is 0 Å². The zero-order valence-electron chi connectivity index (χ0n) is 18.5. The Hall–Kier alpha value is -3.41. The molecule has 0 aliphatic rings. The Morgan fingerprint density at radius 2 is 1.79 bits per heavy atom. The van der Waals surface area contributed by atoms with Gasteiger partial charge in [0.2, 0.25) is 0 Å². The Morgan fingerprint density at radius 3 is 2.62 bits per heavy atom. The van der Waals surface area contributed by atoms with Crippen LogP contribution in [0.1, 0.15) is 16.7 Å². The van der Waals surface area contributed by atoms with Crippen molar-refractivity contribution >= 4 is 38.8 Å². The van der Waals surface area contributed by atoms with E-state index in [1.165, 1.54) is 16.3 Å². The lowest BCUT2D eigenvalue weighted by molar-refractivity contribution is 0.299.